The van der Waals surface area contributed by atoms with Gasteiger partial charge in [-0.2, -0.15) is 5.26 Å². The molecule has 0 radical (unpaired) electrons. The SMILES string of the molecule is CNC(CC#N)C1CCN(c2c(F)cc3c(=O)c(C(=O)O)cn4c3c2OCC4C)C1.Cl. The van der Waals surface area contributed by atoms with E-state index >= 15 is 4.39 Å². The number of carboxylic acids is 1. The second-order valence-electron chi connectivity index (χ2n) is 7.93. The molecule has 3 unspecified atom stereocenters. The standard InChI is InChI=1S/C21H23FN4O4.ClH/c1-11-10-30-20-17-13(19(27)14(21(28)29)9-26(11)17)7-15(22)18(20)25-6-4-12(8-25)16(24-2)3-5-23;/h7,9,11-12,16,24H,3-4,6,8,10H2,1-2H3,(H,28,29);1H. The van der Waals surface area contributed by atoms with Crippen LogP contribution in [0.3, 0.4) is 0 Å². The number of halogens is 2. The number of aromatic carboxylic acids is 1. The maximum absolute atomic E-state index is 15.3. The molecule has 4 rings (SSSR count). The number of anilines is 1. The van der Waals surface area contributed by atoms with Gasteiger partial charge < -0.3 is 24.6 Å². The fourth-order valence-electron chi connectivity index (χ4n) is 4.58. The van der Waals surface area contributed by atoms with E-state index in [1.54, 1.807) is 4.57 Å². The monoisotopic (exact) mass is 450 g/mol. The Kier molecular flexibility index (Phi) is 6.43. The average Bonchev–Trinajstić information content (AvgIpc) is 3.19. The van der Waals surface area contributed by atoms with Crippen molar-refractivity contribution in [2.24, 2.45) is 5.92 Å². The fraction of sp³-hybridized carbons (Fsp3) is 0.476. The summed E-state index contributed by atoms with van der Waals surface area (Å²) in [5, 5.41) is 21.6. The molecule has 166 valence electrons. The average molecular weight is 451 g/mol. The molecule has 2 aromatic rings. The summed E-state index contributed by atoms with van der Waals surface area (Å²) in [6.07, 6.45) is 2.49. The number of nitrogens with one attached hydrogen (secondary N) is 1. The zero-order chi connectivity index (χ0) is 21.6. The Bertz CT molecular complexity index is 1130. The lowest BCUT2D eigenvalue weighted by atomic mass is 9.97. The van der Waals surface area contributed by atoms with E-state index in [2.05, 4.69) is 11.4 Å². The van der Waals surface area contributed by atoms with Gasteiger partial charge in [0.05, 0.1) is 29.4 Å². The number of rotatable bonds is 5. The third-order valence-electron chi connectivity index (χ3n) is 6.16. The van der Waals surface area contributed by atoms with Gasteiger partial charge in [0, 0.05) is 25.3 Å². The number of benzene rings is 1. The van der Waals surface area contributed by atoms with E-state index in [1.165, 1.54) is 6.20 Å². The highest BCUT2D eigenvalue weighted by Crippen LogP contribution is 2.43. The molecule has 0 spiro atoms. The van der Waals surface area contributed by atoms with Crippen molar-refractivity contribution in [1.82, 2.24) is 9.88 Å². The van der Waals surface area contributed by atoms with Crippen molar-refractivity contribution in [2.75, 3.05) is 31.6 Å². The van der Waals surface area contributed by atoms with E-state index in [0.717, 1.165) is 12.5 Å². The van der Waals surface area contributed by atoms with Crippen LogP contribution in [0.2, 0.25) is 0 Å². The zero-order valence-electron chi connectivity index (χ0n) is 17.2. The third kappa shape index (κ3) is 3.70. The number of hydrogen-bond acceptors (Lipinski definition) is 6. The molecule has 2 N–H and O–H groups in total. The van der Waals surface area contributed by atoms with Gasteiger partial charge in [0.15, 0.2) is 11.6 Å². The van der Waals surface area contributed by atoms with Crippen molar-refractivity contribution >= 4 is 35.0 Å². The van der Waals surface area contributed by atoms with Crippen LogP contribution in [-0.4, -0.2) is 48.4 Å². The molecule has 2 aliphatic heterocycles. The van der Waals surface area contributed by atoms with Gasteiger partial charge in [0.25, 0.3) is 0 Å². The third-order valence-corrected chi connectivity index (χ3v) is 6.16. The van der Waals surface area contributed by atoms with Crippen LogP contribution in [0, 0.1) is 23.1 Å². The normalized spacial score (nSPS) is 20.6. The zero-order valence-corrected chi connectivity index (χ0v) is 18.0. The van der Waals surface area contributed by atoms with Crippen LogP contribution >= 0.6 is 12.4 Å². The highest BCUT2D eigenvalue weighted by molar-refractivity contribution is 5.97. The molecule has 1 fully saturated rings. The van der Waals surface area contributed by atoms with Gasteiger partial charge in [0.1, 0.15) is 17.9 Å². The van der Waals surface area contributed by atoms with E-state index in [-0.39, 0.29) is 53.7 Å². The predicted molar refractivity (Wildman–Crippen MR) is 116 cm³/mol. The maximum Gasteiger partial charge on any atom is 0.341 e. The van der Waals surface area contributed by atoms with E-state index in [9.17, 15) is 14.7 Å². The van der Waals surface area contributed by atoms with Crippen molar-refractivity contribution in [3.05, 3.63) is 33.9 Å². The summed E-state index contributed by atoms with van der Waals surface area (Å²) in [4.78, 5) is 26.1. The Morgan fingerprint density at radius 2 is 2.26 bits per heavy atom. The number of carboxylic acid groups (broad SMARTS) is 1. The summed E-state index contributed by atoms with van der Waals surface area (Å²) in [6, 6.07) is 3.12. The van der Waals surface area contributed by atoms with Crippen LogP contribution in [-0.2, 0) is 0 Å². The molecular weight excluding hydrogens is 427 g/mol. The molecule has 1 saturated heterocycles. The molecule has 1 aromatic heterocycles. The quantitative estimate of drug-likeness (QED) is 0.720. The number of nitriles is 1. The number of aromatic nitrogens is 1. The molecule has 0 aliphatic carbocycles. The Balaban J connectivity index is 0.00000272. The molecule has 8 nitrogen and oxygen atoms in total. The first-order valence-electron chi connectivity index (χ1n) is 9.94. The Labute approximate surface area is 184 Å². The van der Waals surface area contributed by atoms with Crippen LogP contribution in [0.1, 0.15) is 36.2 Å². The first-order chi connectivity index (χ1) is 14.4. The fourth-order valence-corrected chi connectivity index (χ4v) is 4.58. The topological polar surface area (TPSA) is 108 Å². The molecule has 10 heteroatoms. The van der Waals surface area contributed by atoms with Gasteiger partial charge in [-0.1, -0.05) is 0 Å². The van der Waals surface area contributed by atoms with Crippen LogP contribution in [0.15, 0.2) is 17.1 Å². The highest BCUT2D eigenvalue weighted by atomic mass is 35.5. The summed E-state index contributed by atoms with van der Waals surface area (Å²) in [5.74, 6) is -1.50. The van der Waals surface area contributed by atoms with E-state index in [0.29, 0.717) is 30.7 Å². The number of pyridine rings is 1. The smallest absolute Gasteiger partial charge is 0.341 e. The molecule has 0 amide bonds. The number of carbonyl (C=O) groups is 1. The molecule has 2 aliphatic rings. The van der Waals surface area contributed by atoms with Crippen molar-refractivity contribution in [3.63, 3.8) is 0 Å². The molecule has 31 heavy (non-hydrogen) atoms. The minimum atomic E-state index is -1.34. The molecule has 3 atom stereocenters. The number of nitrogens with zero attached hydrogens (tertiary/aromatic N) is 3. The summed E-state index contributed by atoms with van der Waals surface area (Å²) in [6.45, 7) is 3.25. The minimum absolute atomic E-state index is 0. The molecule has 0 saturated carbocycles. The number of hydrogen-bond donors (Lipinski definition) is 2. The van der Waals surface area contributed by atoms with Gasteiger partial charge in [-0.25, -0.2) is 9.18 Å². The number of ether oxygens (including phenoxy) is 1. The van der Waals surface area contributed by atoms with Crippen LogP contribution in [0.25, 0.3) is 10.9 Å². The van der Waals surface area contributed by atoms with Gasteiger partial charge in [-0.3, -0.25) is 4.79 Å². The Morgan fingerprint density at radius 1 is 1.52 bits per heavy atom. The maximum atomic E-state index is 15.3. The van der Waals surface area contributed by atoms with Crippen LogP contribution in [0.4, 0.5) is 10.1 Å². The Hall–Kier alpha value is -2.83. The predicted octanol–water partition coefficient (Wildman–Crippen LogP) is 2.54. The Morgan fingerprint density at radius 3 is 2.90 bits per heavy atom. The first-order valence-corrected chi connectivity index (χ1v) is 9.94. The van der Waals surface area contributed by atoms with Gasteiger partial charge in [0.2, 0.25) is 5.43 Å². The lowest BCUT2D eigenvalue weighted by molar-refractivity contribution is 0.0694. The molecule has 3 heterocycles. The lowest BCUT2D eigenvalue weighted by Gasteiger charge is -2.31. The summed E-state index contributed by atoms with van der Waals surface area (Å²) >= 11 is 0. The van der Waals surface area contributed by atoms with E-state index in [1.807, 2.05) is 18.9 Å². The second kappa shape index (κ2) is 8.73. The van der Waals surface area contributed by atoms with Crippen molar-refractivity contribution in [1.29, 1.82) is 5.26 Å². The van der Waals surface area contributed by atoms with Crippen LogP contribution in [0.5, 0.6) is 5.75 Å². The first kappa shape index (κ1) is 22.8. The summed E-state index contributed by atoms with van der Waals surface area (Å²) in [5.41, 5.74) is -0.392. The second-order valence-corrected chi connectivity index (χ2v) is 7.93. The minimum Gasteiger partial charge on any atom is -0.487 e. The van der Waals surface area contributed by atoms with E-state index in [4.69, 9.17) is 10.00 Å². The molecular formula is C21H24ClFN4O4. The highest BCUT2D eigenvalue weighted by Gasteiger charge is 2.35. The van der Waals surface area contributed by atoms with Crippen molar-refractivity contribution in [3.8, 4) is 11.8 Å². The van der Waals surface area contributed by atoms with Gasteiger partial charge in [-0.15, -0.1) is 12.4 Å². The summed E-state index contributed by atoms with van der Waals surface area (Å²) in [7, 11) is 1.81. The summed E-state index contributed by atoms with van der Waals surface area (Å²) < 4.78 is 22.9. The van der Waals surface area contributed by atoms with Crippen molar-refractivity contribution < 1.29 is 19.0 Å². The lowest BCUT2D eigenvalue weighted by Crippen LogP contribution is -2.35. The van der Waals surface area contributed by atoms with Crippen molar-refractivity contribution in [2.45, 2.75) is 31.8 Å². The van der Waals surface area contributed by atoms with Gasteiger partial charge >= 0.3 is 5.97 Å². The molecule has 0 bridgehead atoms. The van der Waals surface area contributed by atoms with Crippen LogP contribution < -0.4 is 20.4 Å². The van der Waals surface area contributed by atoms with Gasteiger partial charge in [-0.05, 0) is 32.4 Å². The largest absolute Gasteiger partial charge is 0.487 e. The van der Waals surface area contributed by atoms with E-state index < -0.39 is 17.2 Å². The molecule has 1 aromatic carbocycles.